The molecule has 1 aliphatic heterocycles. The summed E-state index contributed by atoms with van der Waals surface area (Å²) < 4.78 is 43.4. The Bertz CT molecular complexity index is 141. The third-order valence-corrected chi connectivity index (χ3v) is 2.21. The van der Waals surface area contributed by atoms with E-state index in [-0.39, 0.29) is 0 Å². The van der Waals surface area contributed by atoms with Crippen molar-refractivity contribution in [1.82, 2.24) is 0 Å². The normalized spacial score (nSPS) is 36.8. The van der Waals surface area contributed by atoms with Gasteiger partial charge < -0.3 is 0 Å². The van der Waals surface area contributed by atoms with Crippen molar-refractivity contribution >= 4 is 16.5 Å². The highest BCUT2D eigenvalue weighted by atomic mass is 31.2. The van der Waals surface area contributed by atoms with Gasteiger partial charge in [-0.25, -0.2) is 0 Å². The second-order valence-corrected chi connectivity index (χ2v) is 2.98. The van der Waals surface area contributed by atoms with Gasteiger partial charge in [0.1, 0.15) is 0 Å². The van der Waals surface area contributed by atoms with Gasteiger partial charge in [0.15, 0.2) is 4.31 Å². The summed E-state index contributed by atoms with van der Waals surface area (Å²) >= 11 is 0. The van der Waals surface area contributed by atoms with Crippen LogP contribution < -0.4 is 0 Å². The maximum absolute atomic E-state index is 11.8. The minimum atomic E-state index is -2.60. The van der Waals surface area contributed by atoms with E-state index in [4.69, 9.17) is 0 Å². The van der Waals surface area contributed by atoms with Crippen molar-refractivity contribution in [3.8, 4) is 0 Å². The molecule has 2 atom stereocenters. The summed E-state index contributed by atoms with van der Waals surface area (Å²) in [6, 6.07) is 0. The van der Waals surface area contributed by atoms with E-state index >= 15 is 0 Å². The molecule has 0 saturated carbocycles. The van der Waals surface area contributed by atoms with Gasteiger partial charge in [0.25, 0.3) is 0 Å². The molecule has 2 unspecified atom stereocenters. The van der Waals surface area contributed by atoms with Crippen LogP contribution in [0.15, 0.2) is 0 Å². The van der Waals surface area contributed by atoms with Crippen molar-refractivity contribution in [3.63, 3.8) is 0 Å². The van der Waals surface area contributed by atoms with Crippen molar-refractivity contribution in [2.45, 2.75) is 6.54 Å². The fourth-order valence-corrected chi connectivity index (χ4v) is 1.42. The van der Waals surface area contributed by atoms with Crippen molar-refractivity contribution < 1.29 is 26.9 Å². The minimum absolute atomic E-state index is 2.20. The Hall–Kier alpha value is 0.01000. The van der Waals surface area contributed by atoms with E-state index in [1.807, 2.05) is 0 Å². The number of halogens is 1. The first-order valence-electron chi connectivity index (χ1n) is 1.79. The Morgan fingerprint density at radius 2 is 1.67 bits per heavy atom. The molecule has 8 heteroatoms. The molecule has 0 aromatic carbocycles. The molecule has 0 aromatic rings. The van der Waals surface area contributed by atoms with Crippen LogP contribution >= 0.6 is 16.5 Å². The van der Waals surface area contributed by atoms with Crippen LogP contribution in [0.3, 0.4) is 0 Å². The van der Waals surface area contributed by atoms with Crippen LogP contribution in [0.2, 0.25) is 0 Å². The molecular weight excluding hydrogens is 173 g/mol. The molecule has 1 rings (SSSR count). The van der Waals surface area contributed by atoms with Gasteiger partial charge in [-0.15, -0.1) is 0 Å². The first-order chi connectivity index (χ1) is 4.18. The molecule has 0 aromatic heterocycles. The zero-order valence-electron chi connectivity index (χ0n) is 3.89. The lowest BCUT2D eigenvalue weighted by Crippen LogP contribution is -2.05. The predicted octanol–water partition coefficient (Wildman–Crippen LogP) is 1.62. The zero-order chi connectivity index (χ0) is 6.85. The maximum atomic E-state index is 11.8. The summed E-state index contributed by atoms with van der Waals surface area (Å²) in [5, 5.41) is 0. The molecule has 1 saturated heterocycles. The van der Waals surface area contributed by atoms with E-state index < -0.39 is 23.1 Å². The highest BCUT2D eigenvalue weighted by Gasteiger charge is 2.52. The number of rotatable bonds is 0. The van der Waals surface area contributed by atoms with E-state index in [9.17, 15) is 13.5 Å². The summed E-state index contributed by atoms with van der Waals surface area (Å²) in [5.41, 5.74) is 0. The first-order valence-corrected chi connectivity index (χ1v) is 3.98. The fourth-order valence-electron chi connectivity index (χ4n) is 0.248. The van der Waals surface area contributed by atoms with Gasteiger partial charge >= 0.3 is 23.1 Å². The average Bonchev–Trinajstić information content (AvgIpc) is 1.59. The summed E-state index contributed by atoms with van der Waals surface area (Å²) in [5.74, 6) is 0. The van der Waals surface area contributed by atoms with Crippen LogP contribution in [0.5, 0.6) is 0 Å². The van der Waals surface area contributed by atoms with Gasteiger partial charge in [-0.05, 0) is 9.05 Å². The zero-order valence-corrected chi connectivity index (χ0v) is 5.68. The van der Waals surface area contributed by atoms with Crippen LogP contribution in [0.25, 0.3) is 0 Å². The molecule has 0 N–H and O–H groups in total. The lowest BCUT2D eigenvalue weighted by atomic mass is 11.4. The van der Waals surface area contributed by atoms with E-state index in [0.717, 1.165) is 0 Å². The molecule has 1 aliphatic rings. The van der Waals surface area contributed by atoms with Gasteiger partial charge in [-0.3, -0.25) is 0 Å². The summed E-state index contributed by atoms with van der Waals surface area (Å²) in [4.78, 5) is 0. The topological polar surface area (TPSA) is 61.8 Å². The number of alkyl halides is 1. The van der Waals surface area contributed by atoms with Gasteiger partial charge in [0, 0.05) is 9.13 Å². The molecule has 0 radical (unpaired) electrons. The van der Waals surface area contributed by atoms with Crippen molar-refractivity contribution in [2.75, 3.05) is 0 Å². The molecule has 0 amide bonds. The lowest BCUT2D eigenvalue weighted by Gasteiger charge is -1.90. The highest BCUT2D eigenvalue weighted by Crippen LogP contribution is 2.47. The molecule has 1 heterocycles. The van der Waals surface area contributed by atoms with E-state index in [2.05, 4.69) is 13.4 Å². The summed E-state index contributed by atoms with van der Waals surface area (Å²) in [7, 11) is -5.21. The van der Waals surface area contributed by atoms with Crippen molar-refractivity contribution in [2.24, 2.45) is 0 Å². The highest BCUT2D eigenvalue weighted by molar-refractivity contribution is 7.48. The Kier molecular flexibility index (Phi) is 2.16. The summed E-state index contributed by atoms with van der Waals surface area (Å²) in [6.07, 6.45) is 0. The van der Waals surface area contributed by atoms with Gasteiger partial charge in [0.05, 0.1) is 0 Å². The molecule has 0 aliphatic carbocycles. The number of hydrogen-bond donors (Lipinski definition) is 0. The van der Waals surface area contributed by atoms with Gasteiger partial charge in [-0.2, -0.15) is 4.39 Å². The second kappa shape index (κ2) is 2.73. The molecule has 0 spiro atoms. The predicted molar refractivity (Wildman–Crippen MR) is 23.4 cm³/mol. The van der Waals surface area contributed by atoms with E-state index in [1.165, 1.54) is 0 Å². The van der Waals surface area contributed by atoms with E-state index in [0.29, 0.717) is 0 Å². The first kappa shape index (κ1) is 7.12. The van der Waals surface area contributed by atoms with Crippen LogP contribution in [0, 0.1) is 0 Å². The quantitative estimate of drug-likeness (QED) is 0.522. The van der Waals surface area contributed by atoms with Crippen molar-refractivity contribution in [1.29, 1.82) is 0 Å². The maximum Gasteiger partial charge on any atom is 0.753 e. The Balaban J connectivity index is 2.53. The largest absolute Gasteiger partial charge is 0.753 e. The van der Waals surface area contributed by atoms with Crippen LogP contribution in [0.4, 0.5) is 4.39 Å². The fraction of sp³-hybridized carbons (Fsp3) is 1.00. The SMILES string of the molecule is O=[P+]1OC(F)O[P+](=O)O1. The Labute approximate surface area is 51.0 Å². The van der Waals surface area contributed by atoms with Gasteiger partial charge in [-0.1, -0.05) is 0 Å². The minimum Gasteiger partial charge on any atom is -0.175 e. The van der Waals surface area contributed by atoms with Crippen LogP contribution in [0.1, 0.15) is 0 Å². The van der Waals surface area contributed by atoms with Crippen LogP contribution in [-0.4, -0.2) is 6.54 Å². The number of hydrogen-bond acceptors (Lipinski definition) is 5. The smallest absolute Gasteiger partial charge is 0.175 e. The lowest BCUT2D eigenvalue weighted by molar-refractivity contribution is -0.111. The van der Waals surface area contributed by atoms with Crippen molar-refractivity contribution in [3.05, 3.63) is 0 Å². The van der Waals surface area contributed by atoms with E-state index in [1.54, 1.807) is 0 Å². The molecule has 1 fully saturated rings. The molecule has 9 heavy (non-hydrogen) atoms. The standard InChI is InChI=1S/CHFO5P2/c2-1-5-8(3)7-9(4)6-1/h1H/q+2. The third-order valence-electron chi connectivity index (χ3n) is 0.471. The molecular formula is CHFO5P2+2. The third kappa shape index (κ3) is 2.01. The van der Waals surface area contributed by atoms with Gasteiger partial charge in [0.2, 0.25) is 0 Å². The second-order valence-electron chi connectivity index (χ2n) is 1.01. The molecule has 50 valence electrons. The Morgan fingerprint density at radius 1 is 1.22 bits per heavy atom. The monoisotopic (exact) mass is 174 g/mol. The summed E-state index contributed by atoms with van der Waals surface area (Å²) in [6.45, 7) is -2.20. The molecule has 5 nitrogen and oxygen atoms in total. The molecule has 0 bridgehead atoms. The average molecular weight is 174 g/mol. The Morgan fingerprint density at radius 3 is 2.00 bits per heavy atom. The van der Waals surface area contributed by atoms with Crippen LogP contribution in [-0.2, 0) is 22.5 Å².